The Balaban J connectivity index is 2.25. The molecule has 2 amide bonds. The number of imidazole rings is 1. The molecule has 15 heavy (non-hydrogen) atoms. The van der Waals surface area contributed by atoms with Gasteiger partial charge in [-0.3, -0.25) is 0 Å². The van der Waals surface area contributed by atoms with Crippen LogP contribution in [-0.2, 0) is 0 Å². The van der Waals surface area contributed by atoms with Crippen molar-refractivity contribution in [1.82, 2.24) is 19.9 Å². The SMILES string of the molecule is CN(C)C(=O)Nc1cnc2nc[nH]c2c1. The average molecular weight is 205 g/mol. The number of pyridine rings is 1. The highest BCUT2D eigenvalue weighted by molar-refractivity contribution is 5.90. The highest BCUT2D eigenvalue weighted by Crippen LogP contribution is 2.12. The zero-order valence-electron chi connectivity index (χ0n) is 8.48. The van der Waals surface area contributed by atoms with Crippen molar-refractivity contribution in [1.29, 1.82) is 0 Å². The number of carbonyl (C=O) groups is 1. The molecule has 2 heterocycles. The molecule has 0 aliphatic rings. The second-order valence-electron chi connectivity index (χ2n) is 3.32. The van der Waals surface area contributed by atoms with Gasteiger partial charge < -0.3 is 15.2 Å². The quantitative estimate of drug-likeness (QED) is 0.730. The van der Waals surface area contributed by atoms with Crippen LogP contribution in [0.2, 0.25) is 0 Å². The van der Waals surface area contributed by atoms with Crippen molar-refractivity contribution < 1.29 is 4.79 Å². The highest BCUT2D eigenvalue weighted by atomic mass is 16.2. The van der Waals surface area contributed by atoms with Crippen LogP contribution in [0.3, 0.4) is 0 Å². The zero-order chi connectivity index (χ0) is 10.8. The Hall–Kier alpha value is -2.11. The van der Waals surface area contributed by atoms with Gasteiger partial charge in [-0.05, 0) is 6.07 Å². The van der Waals surface area contributed by atoms with Crippen LogP contribution < -0.4 is 5.32 Å². The molecule has 2 aromatic rings. The summed E-state index contributed by atoms with van der Waals surface area (Å²) in [6, 6.07) is 1.60. The van der Waals surface area contributed by atoms with E-state index in [0.29, 0.717) is 11.3 Å². The van der Waals surface area contributed by atoms with E-state index in [2.05, 4.69) is 20.3 Å². The number of hydrogen-bond donors (Lipinski definition) is 2. The van der Waals surface area contributed by atoms with Gasteiger partial charge >= 0.3 is 6.03 Å². The van der Waals surface area contributed by atoms with Crippen LogP contribution in [-0.4, -0.2) is 40.0 Å². The monoisotopic (exact) mass is 205 g/mol. The first-order chi connectivity index (χ1) is 7.16. The van der Waals surface area contributed by atoms with Crippen molar-refractivity contribution in [3.05, 3.63) is 18.6 Å². The summed E-state index contributed by atoms with van der Waals surface area (Å²) in [5.74, 6) is 0. The van der Waals surface area contributed by atoms with E-state index < -0.39 is 0 Å². The maximum Gasteiger partial charge on any atom is 0.321 e. The van der Waals surface area contributed by atoms with Crippen molar-refractivity contribution in [2.75, 3.05) is 19.4 Å². The number of rotatable bonds is 1. The lowest BCUT2D eigenvalue weighted by Gasteiger charge is -2.11. The van der Waals surface area contributed by atoms with Crippen LogP contribution in [0.4, 0.5) is 10.5 Å². The zero-order valence-corrected chi connectivity index (χ0v) is 8.48. The molecule has 0 aliphatic heterocycles. The van der Waals surface area contributed by atoms with Gasteiger partial charge in [-0.1, -0.05) is 0 Å². The van der Waals surface area contributed by atoms with Crippen LogP contribution in [0, 0.1) is 0 Å². The summed E-state index contributed by atoms with van der Waals surface area (Å²) < 4.78 is 0. The molecule has 0 bridgehead atoms. The van der Waals surface area contributed by atoms with Crippen LogP contribution >= 0.6 is 0 Å². The molecule has 0 saturated carbocycles. The summed E-state index contributed by atoms with van der Waals surface area (Å²) in [6.45, 7) is 0. The second-order valence-corrected chi connectivity index (χ2v) is 3.32. The molecule has 0 saturated heterocycles. The smallest absolute Gasteiger partial charge is 0.321 e. The van der Waals surface area contributed by atoms with Crippen molar-refractivity contribution in [2.45, 2.75) is 0 Å². The van der Waals surface area contributed by atoms with Gasteiger partial charge in [0.05, 0.1) is 23.7 Å². The van der Waals surface area contributed by atoms with E-state index in [9.17, 15) is 4.79 Å². The first kappa shape index (κ1) is 9.45. The van der Waals surface area contributed by atoms with Gasteiger partial charge in [0.1, 0.15) is 0 Å². The van der Waals surface area contributed by atoms with Gasteiger partial charge in [0.15, 0.2) is 5.65 Å². The van der Waals surface area contributed by atoms with Gasteiger partial charge in [0.25, 0.3) is 0 Å². The summed E-state index contributed by atoms with van der Waals surface area (Å²) in [5.41, 5.74) is 2.08. The first-order valence-corrected chi connectivity index (χ1v) is 4.44. The summed E-state index contributed by atoms with van der Waals surface area (Å²) in [5, 5.41) is 2.70. The van der Waals surface area contributed by atoms with E-state index in [0.717, 1.165) is 5.52 Å². The Labute approximate surface area is 86.3 Å². The van der Waals surface area contributed by atoms with Crippen LogP contribution in [0.25, 0.3) is 11.2 Å². The fourth-order valence-electron chi connectivity index (χ4n) is 1.13. The highest BCUT2D eigenvalue weighted by Gasteiger charge is 2.05. The maximum absolute atomic E-state index is 11.3. The van der Waals surface area contributed by atoms with Crippen molar-refractivity contribution >= 4 is 22.9 Å². The number of urea groups is 1. The lowest BCUT2D eigenvalue weighted by Crippen LogP contribution is -2.27. The third-order valence-corrected chi connectivity index (χ3v) is 1.93. The van der Waals surface area contributed by atoms with E-state index in [-0.39, 0.29) is 6.03 Å². The minimum atomic E-state index is -0.185. The number of aromatic nitrogens is 3. The van der Waals surface area contributed by atoms with Gasteiger partial charge in [-0.15, -0.1) is 0 Å². The molecular formula is C9H11N5O. The van der Waals surface area contributed by atoms with Crippen molar-refractivity contribution in [3.63, 3.8) is 0 Å². The number of nitrogens with one attached hydrogen (secondary N) is 2. The largest absolute Gasteiger partial charge is 0.343 e. The van der Waals surface area contributed by atoms with Crippen LogP contribution in [0.15, 0.2) is 18.6 Å². The summed E-state index contributed by atoms with van der Waals surface area (Å²) >= 11 is 0. The van der Waals surface area contributed by atoms with E-state index in [1.165, 1.54) is 4.90 Å². The third kappa shape index (κ3) is 1.88. The molecule has 6 nitrogen and oxygen atoms in total. The molecule has 0 fully saturated rings. The minimum Gasteiger partial charge on any atom is -0.343 e. The molecule has 78 valence electrons. The Bertz CT molecular complexity index is 490. The van der Waals surface area contributed by atoms with Crippen molar-refractivity contribution in [2.24, 2.45) is 0 Å². The summed E-state index contributed by atoms with van der Waals surface area (Å²) in [6.07, 6.45) is 3.14. The standard InChI is InChI=1S/C9H11N5O/c1-14(2)9(15)13-6-3-7-8(10-4-6)12-5-11-7/h3-5H,1-2H3,(H,13,15)(H,10,11,12). The number of aromatic amines is 1. The number of fused-ring (bicyclic) bond motifs is 1. The molecule has 2 rings (SSSR count). The molecule has 0 aliphatic carbocycles. The molecule has 0 spiro atoms. The van der Waals surface area contributed by atoms with E-state index in [1.54, 1.807) is 32.7 Å². The predicted molar refractivity (Wildman–Crippen MR) is 56.6 cm³/mol. The minimum absolute atomic E-state index is 0.185. The lowest BCUT2D eigenvalue weighted by molar-refractivity contribution is 0.230. The van der Waals surface area contributed by atoms with Crippen molar-refractivity contribution in [3.8, 4) is 0 Å². The van der Waals surface area contributed by atoms with E-state index in [4.69, 9.17) is 0 Å². The lowest BCUT2D eigenvalue weighted by atomic mass is 10.4. The van der Waals surface area contributed by atoms with Gasteiger partial charge in [-0.2, -0.15) is 0 Å². The summed E-state index contributed by atoms with van der Waals surface area (Å²) in [7, 11) is 3.36. The van der Waals surface area contributed by atoms with E-state index >= 15 is 0 Å². The first-order valence-electron chi connectivity index (χ1n) is 4.44. The van der Waals surface area contributed by atoms with E-state index in [1.807, 2.05) is 0 Å². The topological polar surface area (TPSA) is 73.9 Å². The molecular weight excluding hydrogens is 194 g/mol. The Kier molecular flexibility index (Phi) is 2.24. The molecule has 2 aromatic heterocycles. The molecule has 2 N–H and O–H groups in total. The molecule has 6 heteroatoms. The fourth-order valence-corrected chi connectivity index (χ4v) is 1.13. The Morgan fingerprint density at radius 1 is 1.47 bits per heavy atom. The number of H-pyrrole nitrogens is 1. The Morgan fingerprint density at radius 2 is 2.27 bits per heavy atom. The number of carbonyl (C=O) groups excluding carboxylic acids is 1. The molecule has 0 unspecified atom stereocenters. The number of amides is 2. The number of anilines is 1. The van der Waals surface area contributed by atoms with Gasteiger partial charge in [0, 0.05) is 14.1 Å². The second kappa shape index (κ2) is 3.56. The molecule has 0 radical (unpaired) electrons. The van der Waals surface area contributed by atoms with Crippen LogP contribution in [0.5, 0.6) is 0 Å². The molecule has 0 aromatic carbocycles. The number of nitrogens with zero attached hydrogens (tertiary/aromatic N) is 3. The Morgan fingerprint density at radius 3 is 3.00 bits per heavy atom. The van der Waals surface area contributed by atoms with Gasteiger partial charge in [0.2, 0.25) is 0 Å². The van der Waals surface area contributed by atoms with Gasteiger partial charge in [-0.25, -0.2) is 14.8 Å². The average Bonchev–Trinajstić information content (AvgIpc) is 2.64. The fraction of sp³-hybridized carbons (Fsp3) is 0.222. The predicted octanol–water partition coefficient (Wildman–Crippen LogP) is 1.05. The summed E-state index contributed by atoms with van der Waals surface area (Å²) in [4.78, 5) is 23.8. The normalized spacial score (nSPS) is 10.3. The number of hydrogen-bond acceptors (Lipinski definition) is 3. The molecule has 0 atom stereocenters. The van der Waals surface area contributed by atoms with Crippen LogP contribution in [0.1, 0.15) is 0 Å². The maximum atomic E-state index is 11.3. The third-order valence-electron chi connectivity index (χ3n) is 1.93.